The number of benzene rings is 2. The summed E-state index contributed by atoms with van der Waals surface area (Å²) in [5.74, 6) is -1.38. The van der Waals surface area contributed by atoms with Crippen LogP contribution in [0.5, 0.6) is 0 Å². The molecular formula is C22H17F3N2O2. The van der Waals surface area contributed by atoms with E-state index in [1.54, 1.807) is 31.2 Å². The summed E-state index contributed by atoms with van der Waals surface area (Å²) in [7, 11) is 0. The molecule has 4 rings (SSSR count). The van der Waals surface area contributed by atoms with Crippen LogP contribution in [0.25, 0.3) is 22.2 Å². The van der Waals surface area contributed by atoms with Gasteiger partial charge in [-0.3, -0.25) is 4.79 Å². The Kier molecular flexibility index (Phi) is 4.88. The zero-order chi connectivity index (χ0) is 20.5. The third kappa shape index (κ3) is 3.76. The molecule has 0 saturated carbocycles. The number of furan rings is 1. The van der Waals surface area contributed by atoms with Crippen LogP contribution >= 0.6 is 0 Å². The third-order valence-corrected chi connectivity index (χ3v) is 4.69. The van der Waals surface area contributed by atoms with E-state index in [4.69, 9.17) is 4.42 Å². The number of nitrogens with one attached hydrogen (secondary N) is 2. The molecule has 29 heavy (non-hydrogen) atoms. The van der Waals surface area contributed by atoms with E-state index in [1.165, 1.54) is 18.2 Å². The minimum Gasteiger partial charge on any atom is -0.456 e. The molecule has 0 radical (unpaired) electrons. The van der Waals surface area contributed by atoms with Crippen molar-refractivity contribution in [3.8, 4) is 11.3 Å². The van der Waals surface area contributed by atoms with Gasteiger partial charge in [0.05, 0.1) is 5.52 Å². The first-order chi connectivity index (χ1) is 13.9. The van der Waals surface area contributed by atoms with Gasteiger partial charge < -0.3 is 14.7 Å². The zero-order valence-electron chi connectivity index (χ0n) is 15.5. The highest BCUT2D eigenvalue weighted by atomic mass is 19.1. The number of hydrogen-bond donors (Lipinski definition) is 2. The number of amides is 1. The number of fused-ring (bicyclic) bond motifs is 1. The first-order valence-electron chi connectivity index (χ1n) is 9.02. The van der Waals surface area contributed by atoms with Gasteiger partial charge in [-0.15, -0.1) is 0 Å². The lowest BCUT2D eigenvalue weighted by molar-refractivity contribution is 0.0925. The van der Waals surface area contributed by atoms with Crippen LogP contribution in [0.15, 0.2) is 52.9 Å². The van der Waals surface area contributed by atoms with Crippen molar-refractivity contribution in [2.45, 2.75) is 13.3 Å². The molecule has 0 aliphatic carbocycles. The monoisotopic (exact) mass is 398 g/mol. The summed E-state index contributed by atoms with van der Waals surface area (Å²) in [6.45, 7) is 1.96. The van der Waals surface area contributed by atoms with Crippen LogP contribution in [0.1, 0.15) is 21.9 Å². The molecule has 2 aromatic heterocycles. The van der Waals surface area contributed by atoms with Crippen LogP contribution in [0, 0.1) is 24.4 Å². The highest BCUT2D eigenvalue weighted by Crippen LogP contribution is 2.32. The third-order valence-electron chi connectivity index (χ3n) is 4.69. The largest absolute Gasteiger partial charge is 0.456 e. The summed E-state index contributed by atoms with van der Waals surface area (Å²) >= 11 is 0. The fourth-order valence-corrected chi connectivity index (χ4v) is 3.34. The molecule has 148 valence electrons. The number of rotatable bonds is 5. The predicted octanol–water partition coefficient (Wildman–Crippen LogP) is 5.13. The van der Waals surface area contributed by atoms with Crippen LogP contribution < -0.4 is 5.32 Å². The molecule has 2 aromatic carbocycles. The van der Waals surface area contributed by atoms with Crippen molar-refractivity contribution >= 4 is 16.8 Å². The number of aromatic nitrogens is 1. The lowest BCUT2D eigenvalue weighted by Crippen LogP contribution is -2.25. The summed E-state index contributed by atoms with van der Waals surface area (Å²) < 4.78 is 46.7. The van der Waals surface area contributed by atoms with Crippen LogP contribution in [0.3, 0.4) is 0 Å². The maximum absolute atomic E-state index is 14.3. The molecule has 4 aromatic rings. The lowest BCUT2D eigenvalue weighted by atomic mass is 10.0. The number of halogens is 3. The fraction of sp³-hybridized carbons (Fsp3) is 0.136. The van der Waals surface area contributed by atoms with Gasteiger partial charge in [-0.25, -0.2) is 13.2 Å². The first kappa shape index (κ1) is 18.9. The summed E-state index contributed by atoms with van der Waals surface area (Å²) in [4.78, 5) is 15.1. The average Bonchev–Trinajstić information content (AvgIpc) is 3.27. The Bertz CT molecular complexity index is 1190. The van der Waals surface area contributed by atoms with Gasteiger partial charge in [0.2, 0.25) is 0 Å². The quantitative estimate of drug-likeness (QED) is 0.490. The van der Waals surface area contributed by atoms with Crippen molar-refractivity contribution in [3.63, 3.8) is 0 Å². The van der Waals surface area contributed by atoms with Gasteiger partial charge in [0.15, 0.2) is 5.76 Å². The van der Waals surface area contributed by atoms with E-state index >= 15 is 0 Å². The summed E-state index contributed by atoms with van der Waals surface area (Å²) in [6.07, 6.45) is 0.307. The summed E-state index contributed by atoms with van der Waals surface area (Å²) in [5.41, 5.74) is 1.97. The maximum atomic E-state index is 14.3. The van der Waals surface area contributed by atoms with Crippen LogP contribution in [0.2, 0.25) is 0 Å². The van der Waals surface area contributed by atoms with Crippen molar-refractivity contribution in [2.24, 2.45) is 0 Å². The Balaban J connectivity index is 1.66. The molecule has 0 unspecified atom stereocenters. The van der Waals surface area contributed by atoms with Gasteiger partial charge in [0.25, 0.3) is 5.91 Å². The lowest BCUT2D eigenvalue weighted by Gasteiger charge is -2.07. The number of aromatic amines is 1. The minimum absolute atomic E-state index is 0.161. The number of aryl methyl sites for hydroxylation is 1. The molecule has 0 atom stereocenters. The topological polar surface area (TPSA) is 58.0 Å². The Hall–Kier alpha value is -3.48. The number of hydrogen-bond acceptors (Lipinski definition) is 2. The molecule has 0 bridgehead atoms. The van der Waals surface area contributed by atoms with E-state index in [0.717, 1.165) is 6.07 Å². The molecule has 2 heterocycles. The average molecular weight is 398 g/mol. The molecule has 7 heteroatoms. The smallest absolute Gasteiger partial charge is 0.287 e. The van der Waals surface area contributed by atoms with E-state index < -0.39 is 17.5 Å². The highest BCUT2D eigenvalue weighted by molar-refractivity contribution is 5.92. The van der Waals surface area contributed by atoms with Crippen LogP contribution in [0.4, 0.5) is 13.2 Å². The standard InChI is InChI=1S/C22H17F3N2O2/c1-12-2-7-19(29-12)22(28)26-9-8-16-17-10-15(24)11-18(25)21(17)27-20(16)13-3-5-14(23)6-4-13/h2-7,10-11,27H,8-9H2,1H3,(H,26,28). The van der Waals surface area contributed by atoms with Gasteiger partial charge in [0.1, 0.15) is 23.2 Å². The normalized spacial score (nSPS) is 11.2. The molecule has 2 N–H and O–H groups in total. The number of carbonyl (C=O) groups is 1. The fourth-order valence-electron chi connectivity index (χ4n) is 3.34. The number of H-pyrrole nitrogens is 1. The van der Waals surface area contributed by atoms with E-state index in [0.29, 0.717) is 34.4 Å². The first-order valence-corrected chi connectivity index (χ1v) is 9.02. The molecule has 0 saturated heterocycles. The Labute approximate surface area is 164 Å². The second kappa shape index (κ2) is 7.50. The van der Waals surface area contributed by atoms with Gasteiger partial charge in [0, 0.05) is 23.7 Å². The van der Waals surface area contributed by atoms with E-state index in [-0.39, 0.29) is 23.7 Å². The van der Waals surface area contributed by atoms with Crippen molar-refractivity contribution < 1.29 is 22.4 Å². The highest BCUT2D eigenvalue weighted by Gasteiger charge is 2.18. The van der Waals surface area contributed by atoms with Gasteiger partial charge in [-0.05, 0) is 66.9 Å². The van der Waals surface area contributed by atoms with Gasteiger partial charge in [-0.2, -0.15) is 0 Å². The predicted molar refractivity (Wildman–Crippen MR) is 103 cm³/mol. The van der Waals surface area contributed by atoms with Crippen molar-refractivity contribution in [1.82, 2.24) is 10.3 Å². The molecule has 4 nitrogen and oxygen atoms in total. The van der Waals surface area contributed by atoms with E-state index in [9.17, 15) is 18.0 Å². The molecule has 0 aliphatic heterocycles. The SMILES string of the molecule is Cc1ccc(C(=O)NCCc2c(-c3ccc(F)cc3)[nH]c3c(F)cc(F)cc23)o1. The maximum Gasteiger partial charge on any atom is 0.287 e. The van der Waals surface area contributed by atoms with Crippen molar-refractivity contribution in [1.29, 1.82) is 0 Å². The molecule has 0 fully saturated rings. The Morgan fingerprint density at radius 3 is 2.48 bits per heavy atom. The zero-order valence-corrected chi connectivity index (χ0v) is 15.5. The molecule has 1 amide bonds. The van der Waals surface area contributed by atoms with E-state index in [2.05, 4.69) is 10.3 Å². The molecule has 0 spiro atoms. The van der Waals surface area contributed by atoms with E-state index in [1.807, 2.05) is 0 Å². The number of carbonyl (C=O) groups excluding carboxylic acids is 1. The second-order valence-electron chi connectivity index (χ2n) is 6.71. The molecule has 0 aliphatic rings. The van der Waals surface area contributed by atoms with Crippen molar-refractivity contribution in [3.05, 3.63) is 83.1 Å². The molecular weight excluding hydrogens is 381 g/mol. The minimum atomic E-state index is -0.718. The van der Waals surface area contributed by atoms with Gasteiger partial charge in [-0.1, -0.05) is 0 Å². The summed E-state index contributed by atoms with van der Waals surface area (Å²) in [5, 5.41) is 3.12. The summed E-state index contributed by atoms with van der Waals surface area (Å²) in [6, 6.07) is 11.0. The Morgan fingerprint density at radius 2 is 1.79 bits per heavy atom. The van der Waals surface area contributed by atoms with Crippen LogP contribution in [-0.2, 0) is 6.42 Å². The second-order valence-corrected chi connectivity index (χ2v) is 6.71. The van der Waals surface area contributed by atoms with Crippen molar-refractivity contribution in [2.75, 3.05) is 6.54 Å². The van der Waals surface area contributed by atoms with Gasteiger partial charge >= 0.3 is 0 Å². The van der Waals surface area contributed by atoms with Crippen LogP contribution in [-0.4, -0.2) is 17.4 Å². The Morgan fingerprint density at radius 1 is 1.03 bits per heavy atom.